The number of hydrogen-bond donors (Lipinski definition) is 0. The molecule has 0 aromatic heterocycles. The number of allylic oxidation sites excluding steroid dienone is 3. The first-order valence-electron chi connectivity index (χ1n) is 2.65. The minimum Gasteiger partial charge on any atom is -0.103 e. The molecular formula is C7H6ClI. The van der Waals surface area contributed by atoms with Gasteiger partial charge in [0.05, 0.1) is 8.96 Å². The van der Waals surface area contributed by atoms with Crippen LogP contribution in [0.25, 0.3) is 0 Å². The summed E-state index contributed by atoms with van der Waals surface area (Å²) in [5.74, 6) is 0. The standard InChI is InChI=1S/C7H6ClI/c1-5-2-3-6(8)7(9)4-5/h2,4,7H,1H3. The molecule has 1 aliphatic rings. The summed E-state index contributed by atoms with van der Waals surface area (Å²) >= 11 is 8.02. The highest BCUT2D eigenvalue weighted by Crippen LogP contribution is 2.22. The van der Waals surface area contributed by atoms with Crippen LogP contribution < -0.4 is 0 Å². The molecule has 48 valence electrons. The Labute approximate surface area is 73.4 Å². The monoisotopic (exact) mass is 252 g/mol. The second kappa shape index (κ2) is 2.91. The van der Waals surface area contributed by atoms with Crippen LogP contribution in [-0.4, -0.2) is 3.92 Å². The highest BCUT2D eigenvalue weighted by atomic mass is 127. The van der Waals surface area contributed by atoms with Crippen LogP contribution in [0.2, 0.25) is 0 Å². The van der Waals surface area contributed by atoms with Gasteiger partial charge in [-0.05, 0) is 18.6 Å². The number of rotatable bonds is 0. The first-order valence-corrected chi connectivity index (χ1v) is 4.27. The zero-order chi connectivity index (χ0) is 6.85. The average Bonchev–Trinajstić information content (AvgIpc) is 1.80. The molecule has 0 amide bonds. The van der Waals surface area contributed by atoms with Gasteiger partial charge in [0.2, 0.25) is 0 Å². The molecule has 1 rings (SSSR count). The van der Waals surface area contributed by atoms with Crippen LogP contribution in [0.3, 0.4) is 0 Å². The van der Waals surface area contributed by atoms with E-state index in [1.54, 1.807) is 0 Å². The molecule has 0 aliphatic heterocycles. The fourth-order valence-corrected chi connectivity index (χ4v) is 1.48. The highest BCUT2D eigenvalue weighted by Gasteiger charge is 2.06. The van der Waals surface area contributed by atoms with Crippen LogP contribution in [0.1, 0.15) is 6.92 Å². The van der Waals surface area contributed by atoms with E-state index < -0.39 is 0 Å². The summed E-state index contributed by atoms with van der Waals surface area (Å²) in [6.45, 7) is 2.04. The third-order valence-corrected chi connectivity index (χ3v) is 2.78. The van der Waals surface area contributed by atoms with Gasteiger partial charge in [0.25, 0.3) is 0 Å². The summed E-state index contributed by atoms with van der Waals surface area (Å²) in [5, 5.41) is 0.793. The van der Waals surface area contributed by atoms with E-state index in [-0.39, 0.29) is 0 Å². The Morgan fingerprint density at radius 3 is 2.89 bits per heavy atom. The Balaban J connectivity index is 2.96. The van der Waals surface area contributed by atoms with Crippen molar-refractivity contribution in [3.05, 3.63) is 28.5 Å². The van der Waals surface area contributed by atoms with Crippen molar-refractivity contribution >= 4 is 34.2 Å². The molecule has 1 aliphatic carbocycles. The van der Waals surface area contributed by atoms with E-state index >= 15 is 0 Å². The maximum atomic E-state index is 5.75. The van der Waals surface area contributed by atoms with Crippen molar-refractivity contribution in [1.29, 1.82) is 0 Å². The first kappa shape index (κ1) is 7.39. The Hall–Kier alpha value is 0.280. The molecule has 1 atom stereocenters. The van der Waals surface area contributed by atoms with Crippen LogP contribution in [0.4, 0.5) is 0 Å². The number of hydrogen-bond acceptors (Lipinski definition) is 0. The lowest BCUT2D eigenvalue weighted by Gasteiger charge is -2.04. The topological polar surface area (TPSA) is 0 Å². The molecule has 2 heteroatoms. The second-order valence-electron chi connectivity index (χ2n) is 1.95. The summed E-state index contributed by atoms with van der Waals surface area (Å²) in [5.41, 5.74) is 4.20. The molecular weight excluding hydrogens is 246 g/mol. The van der Waals surface area contributed by atoms with Crippen molar-refractivity contribution in [2.45, 2.75) is 10.8 Å². The van der Waals surface area contributed by atoms with E-state index in [0.29, 0.717) is 3.92 Å². The molecule has 0 heterocycles. The van der Waals surface area contributed by atoms with E-state index in [0.717, 1.165) is 5.03 Å². The lowest BCUT2D eigenvalue weighted by atomic mass is 10.2. The van der Waals surface area contributed by atoms with Crippen molar-refractivity contribution < 1.29 is 0 Å². The van der Waals surface area contributed by atoms with Crippen LogP contribution in [-0.2, 0) is 0 Å². The van der Waals surface area contributed by atoms with E-state index in [1.807, 2.05) is 13.0 Å². The Bertz CT molecular complexity index is 209. The van der Waals surface area contributed by atoms with Crippen LogP contribution in [0, 0.1) is 0 Å². The Morgan fingerprint density at radius 2 is 2.44 bits per heavy atom. The predicted molar refractivity (Wildman–Crippen MR) is 49.0 cm³/mol. The molecule has 0 aromatic rings. The third-order valence-electron chi connectivity index (χ3n) is 1.09. The van der Waals surface area contributed by atoms with Crippen molar-refractivity contribution in [2.24, 2.45) is 0 Å². The molecule has 0 bridgehead atoms. The van der Waals surface area contributed by atoms with Crippen LogP contribution in [0.5, 0.6) is 0 Å². The summed E-state index contributed by atoms with van der Waals surface area (Å²) in [7, 11) is 0. The van der Waals surface area contributed by atoms with Gasteiger partial charge >= 0.3 is 0 Å². The quantitative estimate of drug-likeness (QED) is 0.353. The summed E-state index contributed by atoms with van der Waals surface area (Å²) in [4.78, 5) is 0. The lowest BCUT2D eigenvalue weighted by Crippen LogP contribution is -1.94. The van der Waals surface area contributed by atoms with Crippen molar-refractivity contribution in [3.63, 3.8) is 0 Å². The van der Waals surface area contributed by atoms with Gasteiger partial charge in [-0.2, -0.15) is 0 Å². The van der Waals surface area contributed by atoms with Gasteiger partial charge in [-0.25, -0.2) is 0 Å². The van der Waals surface area contributed by atoms with Gasteiger partial charge in [0, 0.05) is 0 Å². The SMILES string of the molecule is CC1=CC(I)C(Cl)=C=C1. The Morgan fingerprint density at radius 1 is 1.78 bits per heavy atom. The molecule has 0 saturated carbocycles. The van der Waals surface area contributed by atoms with Gasteiger partial charge in [-0.3, -0.25) is 0 Å². The smallest absolute Gasteiger partial charge is 0.0764 e. The number of alkyl halides is 1. The fraction of sp³-hybridized carbons (Fsp3) is 0.286. The van der Waals surface area contributed by atoms with Gasteiger partial charge in [0.15, 0.2) is 0 Å². The zero-order valence-corrected chi connectivity index (χ0v) is 7.90. The van der Waals surface area contributed by atoms with Crippen LogP contribution >= 0.6 is 34.2 Å². The molecule has 0 N–H and O–H groups in total. The summed E-state index contributed by atoms with van der Waals surface area (Å²) in [6, 6.07) is 0. The van der Waals surface area contributed by atoms with E-state index in [9.17, 15) is 0 Å². The second-order valence-corrected chi connectivity index (χ2v) is 3.70. The van der Waals surface area contributed by atoms with E-state index in [2.05, 4.69) is 34.4 Å². The van der Waals surface area contributed by atoms with Crippen LogP contribution in [0.15, 0.2) is 28.5 Å². The number of halogens is 2. The van der Waals surface area contributed by atoms with Gasteiger partial charge < -0.3 is 0 Å². The third kappa shape index (κ3) is 1.85. The minimum absolute atomic E-state index is 0.328. The van der Waals surface area contributed by atoms with E-state index in [1.165, 1.54) is 5.57 Å². The zero-order valence-electron chi connectivity index (χ0n) is 4.99. The minimum atomic E-state index is 0.328. The van der Waals surface area contributed by atoms with Gasteiger partial charge in [-0.1, -0.05) is 40.3 Å². The van der Waals surface area contributed by atoms with E-state index in [4.69, 9.17) is 11.6 Å². The first-order chi connectivity index (χ1) is 4.20. The molecule has 9 heavy (non-hydrogen) atoms. The largest absolute Gasteiger partial charge is 0.103 e. The summed E-state index contributed by atoms with van der Waals surface area (Å²) < 4.78 is 0.328. The van der Waals surface area contributed by atoms with Gasteiger partial charge in [0.1, 0.15) is 0 Å². The Kier molecular flexibility index (Phi) is 2.39. The highest BCUT2D eigenvalue weighted by molar-refractivity contribution is 14.1. The lowest BCUT2D eigenvalue weighted by molar-refractivity contribution is 1.34. The molecule has 0 spiro atoms. The molecule has 0 nitrogen and oxygen atoms in total. The van der Waals surface area contributed by atoms with Gasteiger partial charge in [-0.15, -0.1) is 5.73 Å². The molecule has 1 unspecified atom stereocenters. The normalized spacial score (nSPS) is 25.4. The van der Waals surface area contributed by atoms with Crippen molar-refractivity contribution in [1.82, 2.24) is 0 Å². The predicted octanol–water partition coefficient (Wildman–Crippen LogP) is 3.03. The maximum Gasteiger partial charge on any atom is 0.0764 e. The molecule has 0 saturated heterocycles. The average molecular weight is 252 g/mol. The van der Waals surface area contributed by atoms with Crippen molar-refractivity contribution in [3.8, 4) is 0 Å². The summed E-state index contributed by atoms with van der Waals surface area (Å²) in [6.07, 6.45) is 4.01. The van der Waals surface area contributed by atoms with Crippen molar-refractivity contribution in [2.75, 3.05) is 0 Å². The fourth-order valence-electron chi connectivity index (χ4n) is 0.614. The maximum absolute atomic E-state index is 5.75. The molecule has 0 radical (unpaired) electrons. The molecule has 0 aromatic carbocycles. The molecule has 0 fully saturated rings.